The van der Waals surface area contributed by atoms with Crippen LogP contribution in [0.4, 0.5) is 0 Å². The molecule has 38 heavy (non-hydrogen) atoms. The van der Waals surface area contributed by atoms with Gasteiger partial charge in [0.25, 0.3) is 0 Å². The summed E-state index contributed by atoms with van der Waals surface area (Å²) in [6, 6.07) is 2.45. The molecule has 2 aliphatic carbocycles. The van der Waals surface area contributed by atoms with Gasteiger partial charge in [-0.2, -0.15) is 11.8 Å². The highest BCUT2D eigenvalue weighted by atomic mass is 32.2. The highest BCUT2D eigenvalue weighted by molar-refractivity contribution is 7.98. The number of ether oxygens (including phenoxy) is 1. The molecule has 1 saturated heterocycles. The fourth-order valence-corrected chi connectivity index (χ4v) is 7.18. The molecule has 1 aliphatic heterocycles. The molecule has 0 spiro atoms. The maximum atomic E-state index is 13.5. The normalized spacial score (nSPS) is 29.2. The van der Waals surface area contributed by atoms with Gasteiger partial charge in [0.15, 0.2) is 11.5 Å². The number of amides is 2. The predicted octanol–water partition coefficient (Wildman–Crippen LogP) is 2.60. The Balaban J connectivity index is 1.39. The van der Waals surface area contributed by atoms with Crippen LogP contribution in [0.15, 0.2) is 18.2 Å². The molecule has 10 heteroatoms. The van der Waals surface area contributed by atoms with Crippen molar-refractivity contribution in [2.45, 2.75) is 83.6 Å². The van der Waals surface area contributed by atoms with Crippen LogP contribution < -0.4 is 5.32 Å². The molecule has 6 atom stereocenters. The van der Waals surface area contributed by atoms with Crippen molar-refractivity contribution in [3.8, 4) is 11.5 Å². The minimum atomic E-state index is -1.46. The second-order valence-corrected chi connectivity index (χ2v) is 12.7. The standard InChI is InChI=1S/C28H40N2O7S/c1-27(2)17-9-10-28(27,3)23(14-17)37-26(36)19-6-5-11-30(19)25(35)18(15-38-4)29-24(34)22(33)13-16-7-8-20(31)21(32)12-16/h7-8,12,17-19,22-23,31-33H,5-6,9-11,13-15H2,1-4H3,(H,29,34). The topological polar surface area (TPSA) is 136 Å². The number of likely N-dealkylation sites (tertiary alicyclic amines) is 1. The number of fused-ring (bicyclic) bond motifs is 2. The number of nitrogens with one attached hydrogen (secondary N) is 1. The molecule has 3 aliphatic rings. The van der Waals surface area contributed by atoms with Crippen LogP contribution in [0.3, 0.4) is 0 Å². The number of nitrogens with zero attached hydrogens (tertiary/aromatic N) is 1. The van der Waals surface area contributed by atoms with Gasteiger partial charge in [0.05, 0.1) is 0 Å². The molecular weight excluding hydrogens is 508 g/mol. The molecule has 1 heterocycles. The summed E-state index contributed by atoms with van der Waals surface area (Å²) in [4.78, 5) is 41.1. The van der Waals surface area contributed by atoms with Gasteiger partial charge in [-0.3, -0.25) is 9.59 Å². The predicted molar refractivity (Wildman–Crippen MR) is 144 cm³/mol. The lowest BCUT2D eigenvalue weighted by Crippen LogP contribution is -2.55. The lowest BCUT2D eigenvalue weighted by Gasteiger charge is -2.39. The van der Waals surface area contributed by atoms with E-state index in [4.69, 9.17) is 4.74 Å². The summed E-state index contributed by atoms with van der Waals surface area (Å²) in [6.07, 6.45) is 4.34. The van der Waals surface area contributed by atoms with Gasteiger partial charge in [0, 0.05) is 24.1 Å². The van der Waals surface area contributed by atoms with Crippen LogP contribution >= 0.6 is 11.8 Å². The minimum Gasteiger partial charge on any atom is -0.504 e. The number of hydrogen-bond acceptors (Lipinski definition) is 8. The van der Waals surface area contributed by atoms with E-state index in [0.29, 0.717) is 30.9 Å². The SMILES string of the molecule is CSCC(NC(=O)C(O)Cc1ccc(O)c(O)c1)C(=O)N1CCCC1C(=O)OC1CC2CCC1(C)C2(C)C. The zero-order chi connectivity index (χ0) is 27.8. The Bertz CT molecular complexity index is 1080. The lowest BCUT2D eigenvalue weighted by molar-refractivity contribution is -0.165. The summed E-state index contributed by atoms with van der Waals surface area (Å²) in [5.41, 5.74) is 0.493. The lowest BCUT2D eigenvalue weighted by atomic mass is 9.70. The van der Waals surface area contributed by atoms with Crippen molar-refractivity contribution in [2.75, 3.05) is 18.6 Å². The Kier molecular flexibility index (Phi) is 8.23. The molecule has 210 valence electrons. The number of aliphatic hydroxyl groups excluding tert-OH is 1. The van der Waals surface area contributed by atoms with Crippen LogP contribution in [0.1, 0.15) is 58.4 Å². The number of aliphatic hydroxyl groups is 1. The molecular formula is C28H40N2O7S. The molecule has 1 aromatic rings. The fraction of sp³-hybridized carbons (Fsp3) is 0.679. The fourth-order valence-electron chi connectivity index (χ4n) is 6.62. The van der Waals surface area contributed by atoms with Crippen molar-refractivity contribution in [1.29, 1.82) is 0 Å². The van der Waals surface area contributed by atoms with Crippen LogP contribution in [0, 0.1) is 16.7 Å². The van der Waals surface area contributed by atoms with Crippen molar-refractivity contribution in [2.24, 2.45) is 16.7 Å². The Hall–Kier alpha value is -2.46. The first-order valence-electron chi connectivity index (χ1n) is 13.4. The Labute approximate surface area is 228 Å². The quantitative estimate of drug-likeness (QED) is 0.273. The van der Waals surface area contributed by atoms with Gasteiger partial charge >= 0.3 is 5.97 Å². The number of rotatable bonds is 9. The van der Waals surface area contributed by atoms with Crippen molar-refractivity contribution in [1.82, 2.24) is 10.2 Å². The average molecular weight is 549 g/mol. The zero-order valence-electron chi connectivity index (χ0n) is 22.6. The molecule has 1 aromatic carbocycles. The molecule has 2 amide bonds. The summed E-state index contributed by atoms with van der Waals surface area (Å²) >= 11 is 1.38. The van der Waals surface area contributed by atoms with E-state index in [2.05, 4.69) is 26.1 Å². The van der Waals surface area contributed by atoms with E-state index in [1.807, 2.05) is 6.26 Å². The summed E-state index contributed by atoms with van der Waals surface area (Å²) in [5, 5.41) is 32.2. The first-order chi connectivity index (χ1) is 17.9. The largest absolute Gasteiger partial charge is 0.504 e. The van der Waals surface area contributed by atoms with Crippen LogP contribution in [0.25, 0.3) is 0 Å². The Morgan fingerprint density at radius 1 is 1.18 bits per heavy atom. The number of phenols is 2. The Morgan fingerprint density at radius 2 is 1.92 bits per heavy atom. The first-order valence-corrected chi connectivity index (χ1v) is 14.8. The Morgan fingerprint density at radius 3 is 2.53 bits per heavy atom. The van der Waals surface area contributed by atoms with E-state index in [1.165, 1.54) is 34.9 Å². The van der Waals surface area contributed by atoms with Crippen LogP contribution in [0.2, 0.25) is 0 Å². The zero-order valence-corrected chi connectivity index (χ0v) is 23.4. The highest BCUT2D eigenvalue weighted by Gasteiger charge is 2.63. The molecule has 4 N–H and O–H groups in total. The number of carbonyl (C=O) groups excluding carboxylic acids is 3. The van der Waals surface area contributed by atoms with Gasteiger partial charge in [0.1, 0.15) is 24.3 Å². The first kappa shape index (κ1) is 28.5. The third-order valence-electron chi connectivity index (χ3n) is 9.50. The second-order valence-electron chi connectivity index (χ2n) is 11.8. The number of phenolic OH excluding ortho intramolecular Hbond substituents is 2. The van der Waals surface area contributed by atoms with E-state index in [-0.39, 0.29) is 52.5 Å². The third kappa shape index (κ3) is 5.21. The maximum Gasteiger partial charge on any atom is 0.329 e. The van der Waals surface area contributed by atoms with E-state index >= 15 is 0 Å². The van der Waals surface area contributed by atoms with Gasteiger partial charge in [-0.15, -0.1) is 0 Å². The summed E-state index contributed by atoms with van der Waals surface area (Å²) in [6.45, 7) is 7.14. The van der Waals surface area contributed by atoms with E-state index in [9.17, 15) is 29.7 Å². The highest BCUT2D eigenvalue weighted by Crippen LogP contribution is 2.66. The molecule has 3 fully saturated rings. The molecule has 9 nitrogen and oxygen atoms in total. The number of esters is 1. The van der Waals surface area contributed by atoms with Gasteiger partial charge in [-0.25, -0.2) is 4.79 Å². The number of aromatic hydroxyl groups is 2. The molecule has 4 rings (SSSR count). The number of benzene rings is 1. The summed E-state index contributed by atoms with van der Waals surface area (Å²) < 4.78 is 6.09. The van der Waals surface area contributed by atoms with E-state index in [0.717, 1.165) is 19.3 Å². The van der Waals surface area contributed by atoms with Crippen LogP contribution in [-0.2, 0) is 25.5 Å². The van der Waals surface area contributed by atoms with Gasteiger partial charge < -0.3 is 30.3 Å². The number of thioether (sulfide) groups is 1. The average Bonchev–Trinajstić information content (AvgIpc) is 3.49. The molecule has 2 bridgehead atoms. The summed E-state index contributed by atoms with van der Waals surface area (Å²) in [7, 11) is 0. The maximum absolute atomic E-state index is 13.5. The van der Waals surface area contributed by atoms with Crippen molar-refractivity contribution in [3.63, 3.8) is 0 Å². The third-order valence-corrected chi connectivity index (χ3v) is 10.2. The molecule has 0 radical (unpaired) electrons. The monoisotopic (exact) mass is 548 g/mol. The molecule has 6 unspecified atom stereocenters. The smallest absolute Gasteiger partial charge is 0.329 e. The molecule has 2 saturated carbocycles. The van der Waals surface area contributed by atoms with Crippen LogP contribution in [0.5, 0.6) is 11.5 Å². The van der Waals surface area contributed by atoms with Crippen molar-refractivity contribution in [3.05, 3.63) is 23.8 Å². The van der Waals surface area contributed by atoms with Gasteiger partial charge in [-0.05, 0) is 67.4 Å². The van der Waals surface area contributed by atoms with Gasteiger partial charge in [0.2, 0.25) is 11.8 Å². The van der Waals surface area contributed by atoms with Crippen molar-refractivity contribution >= 4 is 29.5 Å². The van der Waals surface area contributed by atoms with Crippen LogP contribution in [-0.4, -0.2) is 80.8 Å². The second kappa shape index (κ2) is 11.0. The van der Waals surface area contributed by atoms with E-state index < -0.39 is 24.1 Å². The minimum absolute atomic E-state index is 0.0689. The molecule has 0 aromatic heterocycles. The van der Waals surface area contributed by atoms with Gasteiger partial charge in [-0.1, -0.05) is 26.8 Å². The number of carbonyl (C=O) groups is 3. The summed E-state index contributed by atoms with van der Waals surface area (Å²) in [5.74, 6) is -1.28. The number of hydrogen-bond donors (Lipinski definition) is 4. The van der Waals surface area contributed by atoms with Crippen molar-refractivity contribution < 1.29 is 34.4 Å². The van der Waals surface area contributed by atoms with E-state index in [1.54, 1.807) is 0 Å².